The van der Waals surface area contributed by atoms with Gasteiger partial charge in [0.1, 0.15) is 5.69 Å². The van der Waals surface area contributed by atoms with Crippen molar-refractivity contribution in [3.05, 3.63) is 34.4 Å². The number of hydrogen-bond donors (Lipinski definition) is 2. The Kier molecular flexibility index (Phi) is 4.60. The predicted molar refractivity (Wildman–Crippen MR) is 86.5 cm³/mol. The van der Waals surface area contributed by atoms with Gasteiger partial charge in [-0.15, -0.1) is 0 Å². The molecule has 0 atom stereocenters. The van der Waals surface area contributed by atoms with Gasteiger partial charge < -0.3 is 15.0 Å². The number of fused-ring (bicyclic) bond motifs is 1. The highest BCUT2D eigenvalue weighted by Crippen LogP contribution is 2.28. The Morgan fingerprint density at radius 1 is 1.38 bits per heavy atom. The fourth-order valence-electron chi connectivity index (χ4n) is 2.23. The largest absolute Gasteiger partial charge is 0.381 e. The summed E-state index contributed by atoms with van der Waals surface area (Å²) in [7, 11) is 0. The number of ether oxygens (including phenoxy) is 1. The molecule has 0 radical (unpaired) electrons. The third-order valence-corrected chi connectivity index (χ3v) is 4.12. The zero-order valence-corrected chi connectivity index (χ0v) is 13.4. The summed E-state index contributed by atoms with van der Waals surface area (Å²) in [6, 6.07) is 7.78. The normalized spacial score (nSPS) is 14.5. The van der Waals surface area contributed by atoms with Crippen molar-refractivity contribution < 1.29 is 9.53 Å². The van der Waals surface area contributed by atoms with Crippen molar-refractivity contribution in [1.29, 1.82) is 0 Å². The lowest BCUT2D eigenvalue weighted by molar-refractivity contribution is 0.0933. The van der Waals surface area contributed by atoms with Crippen LogP contribution in [0.1, 0.15) is 29.8 Å². The number of aromatic amines is 1. The molecule has 1 aliphatic carbocycles. The molecule has 21 heavy (non-hydrogen) atoms. The van der Waals surface area contributed by atoms with Gasteiger partial charge in [-0.25, -0.2) is 0 Å². The average Bonchev–Trinajstić information content (AvgIpc) is 3.19. The van der Waals surface area contributed by atoms with E-state index in [9.17, 15) is 4.79 Å². The van der Waals surface area contributed by atoms with Crippen LogP contribution in [-0.2, 0) is 4.74 Å². The van der Waals surface area contributed by atoms with E-state index in [1.165, 1.54) is 12.8 Å². The highest BCUT2D eigenvalue weighted by atomic mass is 79.9. The minimum Gasteiger partial charge on any atom is -0.381 e. The van der Waals surface area contributed by atoms with E-state index in [1.54, 1.807) is 0 Å². The van der Waals surface area contributed by atoms with Crippen LogP contribution >= 0.6 is 15.9 Å². The molecule has 112 valence electrons. The summed E-state index contributed by atoms with van der Waals surface area (Å²) >= 11 is 3.43. The zero-order valence-electron chi connectivity index (χ0n) is 11.8. The summed E-state index contributed by atoms with van der Waals surface area (Å²) in [6.45, 7) is 2.24. The van der Waals surface area contributed by atoms with Gasteiger partial charge in [0.05, 0.1) is 0 Å². The van der Waals surface area contributed by atoms with E-state index in [4.69, 9.17) is 4.74 Å². The number of nitrogens with one attached hydrogen (secondary N) is 2. The SMILES string of the molecule is O=C(NCCCOCC1CC1)c1cc2cc(Br)ccc2[nH]1. The van der Waals surface area contributed by atoms with Crippen molar-refractivity contribution in [2.45, 2.75) is 19.3 Å². The summed E-state index contributed by atoms with van der Waals surface area (Å²) in [5.41, 5.74) is 1.57. The van der Waals surface area contributed by atoms with Gasteiger partial charge in [-0.3, -0.25) is 4.79 Å². The average molecular weight is 351 g/mol. The number of carbonyl (C=O) groups is 1. The minimum atomic E-state index is -0.0653. The molecule has 1 heterocycles. The fraction of sp³-hybridized carbons (Fsp3) is 0.438. The van der Waals surface area contributed by atoms with Crippen LogP contribution in [0.4, 0.5) is 0 Å². The van der Waals surface area contributed by atoms with Crippen molar-refractivity contribution in [3.63, 3.8) is 0 Å². The molecule has 2 N–H and O–H groups in total. The van der Waals surface area contributed by atoms with Gasteiger partial charge in [-0.1, -0.05) is 15.9 Å². The third kappa shape index (κ3) is 4.08. The van der Waals surface area contributed by atoms with Gasteiger partial charge in [-0.05, 0) is 49.4 Å². The van der Waals surface area contributed by atoms with Crippen molar-refractivity contribution in [2.24, 2.45) is 5.92 Å². The quantitative estimate of drug-likeness (QED) is 0.751. The molecule has 1 amide bonds. The molecule has 3 rings (SSSR count). The van der Waals surface area contributed by atoms with Crippen LogP contribution in [0, 0.1) is 5.92 Å². The number of rotatable bonds is 7. The van der Waals surface area contributed by atoms with E-state index in [0.717, 1.165) is 40.9 Å². The first-order chi connectivity index (χ1) is 10.2. The van der Waals surface area contributed by atoms with E-state index in [1.807, 2.05) is 24.3 Å². The van der Waals surface area contributed by atoms with E-state index in [-0.39, 0.29) is 5.91 Å². The van der Waals surface area contributed by atoms with Crippen LogP contribution in [-0.4, -0.2) is 30.6 Å². The first kappa shape index (κ1) is 14.6. The molecule has 1 aliphatic rings. The number of carbonyl (C=O) groups excluding carboxylic acids is 1. The molecule has 0 bridgehead atoms. The predicted octanol–water partition coefficient (Wildman–Crippen LogP) is 3.48. The fourth-order valence-corrected chi connectivity index (χ4v) is 2.61. The van der Waals surface area contributed by atoms with E-state index < -0.39 is 0 Å². The summed E-state index contributed by atoms with van der Waals surface area (Å²) in [4.78, 5) is 15.2. The molecule has 0 aliphatic heterocycles. The Balaban J connectivity index is 1.44. The number of aromatic nitrogens is 1. The molecular weight excluding hydrogens is 332 g/mol. The number of halogens is 1. The summed E-state index contributed by atoms with van der Waals surface area (Å²) in [6.07, 6.45) is 3.48. The van der Waals surface area contributed by atoms with Crippen LogP contribution in [0.3, 0.4) is 0 Å². The van der Waals surface area contributed by atoms with Gasteiger partial charge in [0.25, 0.3) is 5.91 Å². The Morgan fingerprint density at radius 3 is 3.05 bits per heavy atom. The maximum Gasteiger partial charge on any atom is 0.267 e. The highest BCUT2D eigenvalue weighted by Gasteiger charge is 2.20. The number of amides is 1. The second kappa shape index (κ2) is 6.62. The zero-order chi connectivity index (χ0) is 14.7. The van der Waals surface area contributed by atoms with Gasteiger partial charge >= 0.3 is 0 Å². The maximum atomic E-state index is 12.1. The van der Waals surface area contributed by atoms with Gasteiger partial charge in [-0.2, -0.15) is 0 Å². The standard InChI is InChI=1S/C16H19BrN2O2/c17-13-4-5-14-12(8-13)9-15(19-14)16(20)18-6-1-7-21-10-11-2-3-11/h4-5,8-9,11,19H,1-3,6-7,10H2,(H,18,20). The second-order valence-corrected chi connectivity index (χ2v) is 6.46. The lowest BCUT2D eigenvalue weighted by Crippen LogP contribution is -2.25. The monoisotopic (exact) mass is 350 g/mol. The molecule has 5 heteroatoms. The van der Waals surface area contributed by atoms with Gasteiger partial charge in [0, 0.05) is 35.1 Å². The minimum absolute atomic E-state index is 0.0653. The van der Waals surface area contributed by atoms with Crippen LogP contribution in [0.2, 0.25) is 0 Å². The molecule has 1 fully saturated rings. The van der Waals surface area contributed by atoms with Crippen molar-refractivity contribution >= 4 is 32.7 Å². The molecule has 4 nitrogen and oxygen atoms in total. The van der Waals surface area contributed by atoms with E-state index in [2.05, 4.69) is 26.2 Å². The van der Waals surface area contributed by atoms with Crippen LogP contribution < -0.4 is 5.32 Å². The smallest absolute Gasteiger partial charge is 0.267 e. The molecule has 0 spiro atoms. The Hall–Kier alpha value is -1.33. The van der Waals surface area contributed by atoms with Gasteiger partial charge in [0.15, 0.2) is 0 Å². The summed E-state index contributed by atoms with van der Waals surface area (Å²) in [5.74, 6) is 0.731. The Bertz CT molecular complexity index is 634. The molecule has 0 saturated heterocycles. The first-order valence-corrected chi connectivity index (χ1v) is 8.16. The van der Waals surface area contributed by atoms with E-state index in [0.29, 0.717) is 12.2 Å². The molecule has 0 unspecified atom stereocenters. The second-order valence-electron chi connectivity index (χ2n) is 5.54. The van der Waals surface area contributed by atoms with Crippen LogP contribution in [0.5, 0.6) is 0 Å². The van der Waals surface area contributed by atoms with Crippen molar-refractivity contribution in [2.75, 3.05) is 19.8 Å². The van der Waals surface area contributed by atoms with Crippen molar-refractivity contribution in [3.8, 4) is 0 Å². The first-order valence-electron chi connectivity index (χ1n) is 7.36. The maximum absolute atomic E-state index is 12.1. The molecular formula is C16H19BrN2O2. The molecule has 1 saturated carbocycles. The number of hydrogen-bond acceptors (Lipinski definition) is 2. The number of H-pyrrole nitrogens is 1. The van der Waals surface area contributed by atoms with Crippen LogP contribution in [0.25, 0.3) is 10.9 Å². The Morgan fingerprint density at radius 2 is 2.24 bits per heavy atom. The van der Waals surface area contributed by atoms with Crippen LogP contribution in [0.15, 0.2) is 28.7 Å². The lowest BCUT2D eigenvalue weighted by atomic mass is 10.2. The van der Waals surface area contributed by atoms with Gasteiger partial charge in [0.2, 0.25) is 0 Å². The summed E-state index contributed by atoms with van der Waals surface area (Å²) < 4.78 is 6.55. The topological polar surface area (TPSA) is 54.1 Å². The Labute approximate surface area is 132 Å². The molecule has 2 aromatic rings. The lowest BCUT2D eigenvalue weighted by Gasteiger charge is -2.04. The number of benzene rings is 1. The molecule has 1 aromatic carbocycles. The summed E-state index contributed by atoms with van der Waals surface area (Å²) in [5, 5.41) is 3.95. The highest BCUT2D eigenvalue weighted by molar-refractivity contribution is 9.10. The van der Waals surface area contributed by atoms with Crippen molar-refractivity contribution in [1.82, 2.24) is 10.3 Å². The third-order valence-electron chi connectivity index (χ3n) is 3.63. The van der Waals surface area contributed by atoms with E-state index >= 15 is 0 Å². The molecule has 1 aromatic heterocycles.